The summed E-state index contributed by atoms with van der Waals surface area (Å²) in [6.07, 6.45) is 6.19. The van der Waals surface area contributed by atoms with E-state index in [0.29, 0.717) is 62.8 Å². The van der Waals surface area contributed by atoms with Crippen LogP contribution in [0.25, 0.3) is 0 Å². The molecular weight excluding hydrogens is 490 g/mol. The first kappa shape index (κ1) is 26.7. The minimum atomic E-state index is -0.482. The molecule has 0 spiro atoms. The summed E-state index contributed by atoms with van der Waals surface area (Å²) in [5.74, 6) is 0.796. The number of likely N-dealkylation sites (tertiary alicyclic amines) is 1. The third kappa shape index (κ3) is 7.79. The highest BCUT2D eigenvalue weighted by Gasteiger charge is 2.40. The number of benzene rings is 2. The van der Waals surface area contributed by atoms with Crippen molar-refractivity contribution in [2.45, 2.75) is 45.2 Å². The fraction of sp³-hybridized carbons (Fsp3) is 0.429. The number of piperidine rings is 1. The molecule has 37 heavy (non-hydrogen) atoms. The van der Waals surface area contributed by atoms with E-state index in [-0.39, 0.29) is 11.8 Å². The van der Waals surface area contributed by atoms with E-state index in [4.69, 9.17) is 16.3 Å². The number of aromatic nitrogens is 3. The van der Waals surface area contributed by atoms with Gasteiger partial charge in [0.25, 0.3) is 0 Å². The standard InChI is InChI=1S/C28H34ClN5O3/c1-32(18-23-8-3-2-4-9-23)27(36)17-28(20-37-25-11-5-10-24(29)16-25)13-7-14-33(19-28)26(35)12-6-15-34-22-30-21-31-34/h2-5,8-11,16,21-22H,6-7,12-15,17-20H2,1H3/t28-/m1/s1. The van der Waals surface area contributed by atoms with Gasteiger partial charge in [-0.3, -0.25) is 14.3 Å². The number of aryl methyl sites for hydroxylation is 1. The lowest BCUT2D eigenvalue weighted by Crippen LogP contribution is -2.50. The lowest BCUT2D eigenvalue weighted by atomic mass is 9.77. The SMILES string of the molecule is CN(Cc1ccccc1)C(=O)C[C@]1(COc2cccc(Cl)c2)CCCN(C(=O)CCCn2cncn2)C1. The third-order valence-corrected chi connectivity index (χ3v) is 7.05. The Morgan fingerprint density at radius 3 is 2.76 bits per heavy atom. The highest BCUT2D eigenvalue weighted by Crippen LogP contribution is 2.36. The number of hydrogen-bond donors (Lipinski definition) is 0. The van der Waals surface area contributed by atoms with Crippen molar-refractivity contribution in [3.63, 3.8) is 0 Å². The van der Waals surface area contributed by atoms with Gasteiger partial charge in [-0.05, 0) is 43.0 Å². The lowest BCUT2D eigenvalue weighted by molar-refractivity contribution is -0.141. The number of carbonyl (C=O) groups excluding carboxylic acids is 2. The van der Waals surface area contributed by atoms with Gasteiger partial charge in [-0.1, -0.05) is 48.0 Å². The summed E-state index contributed by atoms with van der Waals surface area (Å²) in [6, 6.07) is 17.2. The molecule has 3 aromatic rings. The summed E-state index contributed by atoms with van der Waals surface area (Å²) in [4.78, 5) is 34.1. The van der Waals surface area contributed by atoms with Crippen LogP contribution in [-0.4, -0.2) is 63.1 Å². The maximum atomic E-state index is 13.4. The quantitative estimate of drug-likeness (QED) is 0.371. The average molecular weight is 524 g/mol. The van der Waals surface area contributed by atoms with Crippen LogP contribution < -0.4 is 4.74 Å². The summed E-state index contributed by atoms with van der Waals surface area (Å²) < 4.78 is 7.91. The Morgan fingerprint density at radius 2 is 2.00 bits per heavy atom. The van der Waals surface area contributed by atoms with Gasteiger partial charge < -0.3 is 14.5 Å². The number of rotatable bonds is 11. The van der Waals surface area contributed by atoms with Crippen LogP contribution in [0.4, 0.5) is 0 Å². The molecule has 2 aromatic carbocycles. The molecule has 2 heterocycles. The first-order chi connectivity index (χ1) is 17.9. The number of ether oxygens (including phenoxy) is 1. The topological polar surface area (TPSA) is 80.6 Å². The summed E-state index contributed by atoms with van der Waals surface area (Å²) >= 11 is 6.15. The molecule has 1 atom stereocenters. The first-order valence-electron chi connectivity index (χ1n) is 12.7. The molecule has 0 bridgehead atoms. The Bertz CT molecular complexity index is 1160. The van der Waals surface area contributed by atoms with Crippen LogP contribution in [0.1, 0.15) is 37.7 Å². The van der Waals surface area contributed by atoms with Gasteiger partial charge in [-0.2, -0.15) is 5.10 Å². The highest BCUT2D eigenvalue weighted by molar-refractivity contribution is 6.30. The Morgan fingerprint density at radius 1 is 1.16 bits per heavy atom. The van der Waals surface area contributed by atoms with Crippen molar-refractivity contribution in [1.82, 2.24) is 24.6 Å². The summed E-state index contributed by atoms with van der Waals surface area (Å²) in [5.41, 5.74) is 0.597. The first-order valence-corrected chi connectivity index (χ1v) is 13.1. The smallest absolute Gasteiger partial charge is 0.223 e. The van der Waals surface area contributed by atoms with Crippen molar-refractivity contribution in [2.75, 3.05) is 26.7 Å². The number of nitrogens with zero attached hydrogens (tertiary/aromatic N) is 5. The van der Waals surface area contributed by atoms with Gasteiger partial charge in [0.15, 0.2) is 0 Å². The minimum Gasteiger partial charge on any atom is -0.493 e. The van der Waals surface area contributed by atoms with Crippen molar-refractivity contribution in [2.24, 2.45) is 5.41 Å². The molecule has 1 fully saturated rings. The van der Waals surface area contributed by atoms with E-state index < -0.39 is 5.41 Å². The molecule has 1 saturated heterocycles. The lowest BCUT2D eigenvalue weighted by Gasteiger charge is -2.43. The Kier molecular flexibility index (Phi) is 9.17. The van der Waals surface area contributed by atoms with Gasteiger partial charge in [0, 0.05) is 56.5 Å². The van der Waals surface area contributed by atoms with E-state index >= 15 is 0 Å². The van der Waals surface area contributed by atoms with Crippen LogP contribution in [0.15, 0.2) is 67.3 Å². The van der Waals surface area contributed by atoms with Crippen molar-refractivity contribution < 1.29 is 14.3 Å². The molecule has 0 unspecified atom stereocenters. The fourth-order valence-corrected chi connectivity index (χ4v) is 5.01. The van der Waals surface area contributed by atoms with Crippen molar-refractivity contribution in [3.8, 4) is 5.75 Å². The van der Waals surface area contributed by atoms with Crippen LogP contribution >= 0.6 is 11.6 Å². The molecule has 1 aliphatic rings. The zero-order chi connectivity index (χ0) is 26.1. The van der Waals surface area contributed by atoms with Crippen LogP contribution in [0.3, 0.4) is 0 Å². The molecule has 1 aromatic heterocycles. The predicted octanol–water partition coefficient (Wildman–Crippen LogP) is 4.45. The molecule has 0 aliphatic carbocycles. The second-order valence-electron chi connectivity index (χ2n) is 9.84. The number of halogens is 1. The molecule has 8 nitrogen and oxygen atoms in total. The van der Waals surface area contributed by atoms with E-state index in [2.05, 4.69) is 10.1 Å². The van der Waals surface area contributed by atoms with E-state index in [1.165, 1.54) is 6.33 Å². The monoisotopic (exact) mass is 523 g/mol. The number of hydrogen-bond acceptors (Lipinski definition) is 5. The molecule has 9 heteroatoms. The molecule has 0 radical (unpaired) electrons. The summed E-state index contributed by atoms with van der Waals surface area (Å²) in [6.45, 7) is 2.69. The zero-order valence-corrected chi connectivity index (χ0v) is 22.0. The molecule has 0 N–H and O–H groups in total. The Hall–Kier alpha value is -3.39. The van der Waals surface area contributed by atoms with Crippen LogP contribution in [0, 0.1) is 5.41 Å². The van der Waals surface area contributed by atoms with Crippen molar-refractivity contribution >= 4 is 23.4 Å². The molecule has 196 valence electrons. The van der Waals surface area contributed by atoms with Gasteiger partial charge >= 0.3 is 0 Å². The third-order valence-electron chi connectivity index (χ3n) is 6.81. The largest absolute Gasteiger partial charge is 0.493 e. The second-order valence-corrected chi connectivity index (χ2v) is 10.3. The Labute approximate surface area is 223 Å². The number of amides is 2. The summed E-state index contributed by atoms with van der Waals surface area (Å²) in [7, 11) is 1.83. The van der Waals surface area contributed by atoms with E-state index in [9.17, 15) is 9.59 Å². The maximum absolute atomic E-state index is 13.4. The fourth-order valence-electron chi connectivity index (χ4n) is 4.83. The Balaban J connectivity index is 1.43. The predicted molar refractivity (Wildman–Crippen MR) is 142 cm³/mol. The van der Waals surface area contributed by atoms with Gasteiger partial charge in [0.2, 0.25) is 11.8 Å². The molecule has 1 aliphatic heterocycles. The van der Waals surface area contributed by atoms with E-state index in [1.54, 1.807) is 28.0 Å². The highest BCUT2D eigenvalue weighted by atomic mass is 35.5. The van der Waals surface area contributed by atoms with Crippen LogP contribution in [0.2, 0.25) is 5.02 Å². The van der Waals surface area contributed by atoms with E-state index in [1.807, 2.05) is 54.4 Å². The number of carbonyl (C=O) groups is 2. The molecule has 4 rings (SSSR count). The van der Waals surface area contributed by atoms with Gasteiger partial charge in [0.1, 0.15) is 18.4 Å². The second kappa shape index (κ2) is 12.7. The molecule has 0 saturated carbocycles. The summed E-state index contributed by atoms with van der Waals surface area (Å²) in [5, 5.41) is 4.70. The molecule has 2 amide bonds. The van der Waals surface area contributed by atoms with Gasteiger partial charge in [0.05, 0.1) is 6.61 Å². The van der Waals surface area contributed by atoms with Crippen LogP contribution in [0.5, 0.6) is 5.75 Å². The minimum absolute atomic E-state index is 0.0408. The van der Waals surface area contributed by atoms with Crippen molar-refractivity contribution in [3.05, 3.63) is 77.8 Å². The van der Waals surface area contributed by atoms with E-state index in [0.717, 1.165) is 18.4 Å². The average Bonchev–Trinajstić information content (AvgIpc) is 3.42. The molecular formula is C28H34ClN5O3. The van der Waals surface area contributed by atoms with Gasteiger partial charge in [-0.15, -0.1) is 0 Å². The maximum Gasteiger partial charge on any atom is 0.223 e. The zero-order valence-electron chi connectivity index (χ0n) is 21.3. The normalized spacial score (nSPS) is 17.4. The van der Waals surface area contributed by atoms with Crippen LogP contribution in [-0.2, 0) is 22.7 Å². The van der Waals surface area contributed by atoms with Crippen molar-refractivity contribution in [1.29, 1.82) is 0 Å². The van der Waals surface area contributed by atoms with Gasteiger partial charge in [-0.25, -0.2) is 4.98 Å².